The summed E-state index contributed by atoms with van der Waals surface area (Å²) < 4.78 is 0. The molecule has 1 aliphatic rings. The highest BCUT2D eigenvalue weighted by Crippen LogP contribution is 2.48. The zero-order valence-electron chi connectivity index (χ0n) is 13.5. The van der Waals surface area contributed by atoms with E-state index in [0.717, 1.165) is 5.02 Å². The van der Waals surface area contributed by atoms with Gasteiger partial charge in [-0.2, -0.15) is 0 Å². The zero-order valence-corrected chi connectivity index (χ0v) is 14.3. The molecule has 112 valence electrons. The molecule has 2 rings (SSSR count). The van der Waals surface area contributed by atoms with Gasteiger partial charge in [-0.05, 0) is 41.7 Å². The quantitative estimate of drug-likeness (QED) is 0.718. The summed E-state index contributed by atoms with van der Waals surface area (Å²) in [6.45, 7) is 11.7. The molecule has 2 heteroatoms. The maximum Gasteiger partial charge on any atom is 0.0640 e. The van der Waals surface area contributed by atoms with E-state index in [9.17, 15) is 0 Å². The Balaban J connectivity index is 2.43. The first-order valence-corrected chi connectivity index (χ1v) is 8.18. The summed E-state index contributed by atoms with van der Waals surface area (Å²) >= 11 is 6.44. The highest BCUT2D eigenvalue weighted by Gasteiger charge is 2.39. The van der Waals surface area contributed by atoms with E-state index in [1.165, 1.54) is 36.9 Å². The van der Waals surface area contributed by atoms with Crippen LogP contribution in [0.2, 0.25) is 5.02 Å². The molecule has 0 spiro atoms. The second-order valence-corrected chi connectivity index (χ2v) is 8.20. The SMILES string of the molecule is CCCC1CC(C)(CC(C)(C)C)c2cccc(Cl)c2N1. The van der Waals surface area contributed by atoms with Gasteiger partial charge in [-0.1, -0.05) is 64.8 Å². The van der Waals surface area contributed by atoms with E-state index in [2.05, 4.69) is 52.1 Å². The van der Waals surface area contributed by atoms with Crippen molar-refractivity contribution in [2.75, 3.05) is 5.32 Å². The third-order valence-electron chi connectivity index (χ3n) is 4.27. The van der Waals surface area contributed by atoms with Crippen molar-refractivity contribution in [3.05, 3.63) is 28.8 Å². The van der Waals surface area contributed by atoms with E-state index in [-0.39, 0.29) is 5.41 Å². The Morgan fingerprint density at radius 3 is 2.65 bits per heavy atom. The smallest absolute Gasteiger partial charge is 0.0640 e. The highest BCUT2D eigenvalue weighted by molar-refractivity contribution is 6.33. The van der Waals surface area contributed by atoms with Crippen molar-refractivity contribution in [3.63, 3.8) is 0 Å². The van der Waals surface area contributed by atoms with Crippen LogP contribution >= 0.6 is 11.6 Å². The van der Waals surface area contributed by atoms with Crippen molar-refractivity contribution < 1.29 is 0 Å². The van der Waals surface area contributed by atoms with E-state index in [4.69, 9.17) is 11.6 Å². The number of para-hydroxylation sites is 1. The van der Waals surface area contributed by atoms with Gasteiger partial charge in [0.1, 0.15) is 0 Å². The Bertz CT molecular complexity index is 475. The number of benzene rings is 1. The van der Waals surface area contributed by atoms with Crippen LogP contribution < -0.4 is 5.32 Å². The van der Waals surface area contributed by atoms with Gasteiger partial charge in [-0.25, -0.2) is 0 Å². The molecule has 1 heterocycles. The summed E-state index contributed by atoms with van der Waals surface area (Å²) in [6, 6.07) is 6.88. The maximum absolute atomic E-state index is 6.44. The van der Waals surface area contributed by atoms with Gasteiger partial charge in [-0.3, -0.25) is 0 Å². The molecule has 1 aromatic carbocycles. The van der Waals surface area contributed by atoms with E-state index in [0.29, 0.717) is 11.5 Å². The van der Waals surface area contributed by atoms with Crippen molar-refractivity contribution >= 4 is 17.3 Å². The lowest BCUT2D eigenvalue weighted by molar-refractivity contribution is 0.239. The minimum absolute atomic E-state index is 0.212. The second-order valence-electron chi connectivity index (χ2n) is 7.79. The Morgan fingerprint density at radius 1 is 1.35 bits per heavy atom. The molecule has 1 nitrogen and oxygen atoms in total. The standard InChI is InChI=1S/C18H28ClN/c1-6-8-13-11-18(5,12-17(2,3)4)14-9-7-10-15(19)16(14)20-13/h7,9-10,13,20H,6,8,11-12H2,1-5H3. The van der Waals surface area contributed by atoms with Gasteiger partial charge in [-0.15, -0.1) is 0 Å². The molecule has 1 aromatic rings. The molecular weight excluding hydrogens is 266 g/mol. The Morgan fingerprint density at radius 2 is 2.05 bits per heavy atom. The van der Waals surface area contributed by atoms with Gasteiger partial charge in [0.15, 0.2) is 0 Å². The number of anilines is 1. The number of rotatable bonds is 3. The van der Waals surface area contributed by atoms with Crippen LogP contribution in [0.4, 0.5) is 5.69 Å². The summed E-state index contributed by atoms with van der Waals surface area (Å²) in [5.74, 6) is 0. The third-order valence-corrected chi connectivity index (χ3v) is 4.58. The molecule has 0 aromatic heterocycles. The molecule has 0 amide bonds. The van der Waals surface area contributed by atoms with Crippen LogP contribution in [0.5, 0.6) is 0 Å². The van der Waals surface area contributed by atoms with Crippen LogP contribution in [0, 0.1) is 5.41 Å². The molecule has 0 aliphatic carbocycles. The molecule has 0 saturated heterocycles. The molecule has 0 saturated carbocycles. The number of hydrogen-bond acceptors (Lipinski definition) is 1. The fraction of sp³-hybridized carbons (Fsp3) is 0.667. The third kappa shape index (κ3) is 3.31. The molecule has 0 bridgehead atoms. The Kier molecular flexibility index (Phi) is 4.39. The summed E-state index contributed by atoms with van der Waals surface area (Å²) in [6.07, 6.45) is 4.81. The van der Waals surface area contributed by atoms with Crippen LogP contribution in [0.25, 0.3) is 0 Å². The number of halogens is 1. The lowest BCUT2D eigenvalue weighted by Crippen LogP contribution is -2.40. The van der Waals surface area contributed by atoms with E-state index in [1.807, 2.05) is 6.07 Å². The van der Waals surface area contributed by atoms with Crippen LogP contribution in [0.3, 0.4) is 0 Å². The first-order chi connectivity index (χ1) is 9.25. The Hall–Kier alpha value is -0.690. The van der Waals surface area contributed by atoms with Gasteiger partial charge in [0, 0.05) is 6.04 Å². The summed E-state index contributed by atoms with van der Waals surface area (Å²) in [4.78, 5) is 0. The topological polar surface area (TPSA) is 12.0 Å². The van der Waals surface area contributed by atoms with Gasteiger partial charge in [0.05, 0.1) is 10.7 Å². The highest BCUT2D eigenvalue weighted by atomic mass is 35.5. The minimum Gasteiger partial charge on any atom is -0.381 e. The van der Waals surface area contributed by atoms with Crippen molar-refractivity contribution in [3.8, 4) is 0 Å². The zero-order chi connectivity index (χ0) is 15.0. The molecule has 1 aliphatic heterocycles. The van der Waals surface area contributed by atoms with Gasteiger partial charge in [0.25, 0.3) is 0 Å². The van der Waals surface area contributed by atoms with Crippen molar-refractivity contribution in [2.45, 2.75) is 71.8 Å². The van der Waals surface area contributed by atoms with Gasteiger partial charge < -0.3 is 5.32 Å². The first kappa shape index (κ1) is 15.7. The second kappa shape index (κ2) is 5.60. The normalized spacial score (nSPS) is 26.0. The lowest BCUT2D eigenvalue weighted by Gasteiger charge is -2.44. The fourth-order valence-electron chi connectivity index (χ4n) is 3.94. The summed E-state index contributed by atoms with van der Waals surface area (Å²) in [5.41, 5.74) is 3.10. The lowest BCUT2D eigenvalue weighted by atomic mass is 9.65. The van der Waals surface area contributed by atoms with E-state index < -0.39 is 0 Å². The molecule has 20 heavy (non-hydrogen) atoms. The maximum atomic E-state index is 6.44. The summed E-state index contributed by atoms with van der Waals surface area (Å²) in [5, 5.41) is 4.54. The molecule has 0 fully saturated rings. The monoisotopic (exact) mass is 293 g/mol. The number of nitrogens with one attached hydrogen (secondary N) is 1. The predicted molar refractivity (Wildman–Crippen MR) is 89.8 cm³/mol. The molecule has 2 atom stereocenters. The van der Waals surface area contributed by atoms with E-state index >= 15 is 0 Å². The van der Waals surface area contributed by atoms with Gasteiger partial charge >= 0.3 is 0 Å². The van der Waals surface area contributed by atoms with Crippen molar-refractivity contribution in [1.29, 1.82) is 0 Å². The molecule has 0 radical (unpaired) electrons. The van der Waals surface area contributed by atoms with Crippen LogP contribution in [0.15, 0.2) is 18.2 Å². The van der Waals surface area contributed by atoms with Crippen molar-refractivity contribution in [2.24, 2.45) is 5.41 Å². The molecule has 1 N–H and O–H groups in total. The predicted octanol–water partition coefficient (Wildman–Crippen LogP) is 6.02. The average Bonchev–Trinajstić information content (AvgIpc) is 2.28. The average molecular weight is 294 g/mol. The number of hydrogen-bond donors (Lipinski definition) is 1. The molecular formula is C18H28ClN. The van der Waals surface area contributed by atoms with Crippen LogP contribution in [-0.2, 0) is 5.41 Å². The largest absolute Gasteiger partial charge is 0.381 e. The minimum atomic E-state index is 0.212. The van der Waals surface area contributed by atoms with Crippen LogP contribution in [-0.4, -0.2) is 6.04 Å². The molecule has 2 unspecified atom stereocenters. The fourth-order valence-corrected chi connectivity index (χ4v) is 4.17. The van der Waals surface area contributed by atoms with Gasteiger partial charge in [0.2, 0.25) is 0 Å². The first-order valence-electron chi connectivity index (χ1n) is 7.81. The Labute approximate surface area is 129 Å². The number of fused-ring (bicyclic) bond motifs is 1. The van der Waals surface area contributed by atoms with E-state index in [1.54, 1.807) is 0 Å². The summed E-state index contributed by atoms with van der Waals surface area (Å²) in [7, 11) is 0. The van der Waals surface area contributed by atoms with Crippen LogP contribution in [0.1, 0.15) is 65.9 Å². The van der Waals surface area contributed by atoms with Crippen molar-refractivity contribution in [1.82, 2.24) is 0 Å².